The van der Waals surface area contributed by atoms with Crippen LogP contribution < -0.4 is 9.80 Å². The van der Waals surface area contributed by atoms with Crippen molar-refractivity contribution < 1.29 is 0 Å². The van der Waals surface area contributed by atoms with Crippen molar-refractivity contribution in [1.29, 1.82) is 0 Å². The Morgan fingerprint density at radius 2 is 0.683 bits per heavy atom. The molecule has 2 nitrogen and oxygen atoms in total. The third-order valence-corrected chi connectivity index (χ3v) is 13.0. The smallest absolute Gasteiger partial charge is 0.0887 e. The van der Waals surface area contributed by atoms with Gasteiger partial charge in [0.05, 0.1) is 22.1 Å². The predicted octanol–water partition coefficient (Wildman–Crippen LogP) is 19.0. The molecule has 332 valence electrons. The number of halogens is 1. The molecule has 0 fully saturated rings. The molecule has 0 aromatic heterocycles. The summed E-state index contributed by atoms with van der Waals surface area (Å²) in [5.74, 6) is 0. The van der Waals surface area contributed by atoms with Gasteiger partial charge in [-0.2, -0.15) is 0 Å². The molecule has 0 N–H and O–H groups in total. The van der Waals surface area contributed by atoms with E-state index in [1.54, 1.807) is 0 Å². The fraction of sp³-hybridized carbons (Fsp3) is 0.400. The van der Waals surface area contributed by atoms with Gasteiger partial charge in [-0.25, -0.2) is 0 Å². The molecule has 0 amide bonds. The lowest BCUT2D eigenvalue weighted by Gasteiger charge is -2.32. The number of hydrogen-bond donors (Lipinski definition) is 0. The van der Waals surface area contributed by atoms with Crippen molar-refractivity contribution >= 4 is 45.7 Å². The highest BCUT2D eigenvalue weighted by Crippen LogP contribution is 2.49. The first-order chi connectivity index (χ1) is 30.9. The van der Waals surface area contributed by atoms with E-state index in [0.717, 1.165) is 77.7 Å². The molecule has 0 saturated heterocycles. The third kappa shape index (κ3) is 12.9. The lowest BCUT2D eigenvalue weighted by Crippen LogP contribution is -2.15. The molecule has 6 aromatic rings. The average Bonchev–Trinajstić information content (AvgIpc) is 3.32. The zero-order valence-electron chi connectivity index (χ0n) is 39.6. The first-order valence-corrected chi connectivity index (χ1v) is 25.2. The maximum Gasteiger partial charge on any atom is 0.0887 e. The van der Waals surface area contributed by atoms with Crippen molar-refractivity contribution in [2.24, 2.45) is 0 Å². The molecule has 0 spiro atoms. The van der Waals surface area contributed by atoms with Crippen molar-refractivity contribution in [1.82, 2.24) is 0 Å². The number of nitrogens with zero attached hydrogens (tertiary/aromatic N) is 2. The predicted molar refractivity (Wildman–Crippen MR) is 278 cm³/mol. The zero-order chi connectivity index (χ0) is 44.4. The first kappa shape index (κ1) is 47.7. The van der Waals surface area contributed by atoms with E-state index in [1.165, 1.54) is 122 Å². The minimum absolute atomic E-state index is 0.721. The normalized spacial score (nSPS) is 11.3. The van der Waals surface area contributed by atoms with Crippen LogP contribution in [0.4, 0.5) is 34.1 Å². The van der Waals surface area contributed by atoms with E-state index >= 15 is 0 Å². The van der Waals surface area contributed by atoms with E-state index in [-0.39, 0.29) is 0 Å². The molecule has 6 aromatic carbocycles. The van der Waals surface area contributed by atoms with Crippen LogP contribution in [0, 0.1) is 0 Å². The van der Waals surface area contributed by atoms with E-state index < -0.39 is 0 Å². The molecule has 3 heteroatoms. The topological polar surface area (TPSA) is 6.48 Å². The van der Waals surface area contributed by atoms with Crippen LogP contribution in [0.3, 0.4) is 0 Å². The first-order valence-electron chi connectivity index (χ1n) is 24.8. The van der Waals surface area contributed by atoms with Gasteiger partial charge in [0.25, 0.3) is 0 Å². The van der Waals surface area contributed by atoms with E-state index in [9.17, 15) is 0 Å². The summed E-state index contributed by atoms with van der Waals surface area (Å²) in [6.07, 6.45) is 20.7. The molecule has 0 saturated carbocycles. The Bertz CT molecular complexity index is 2190. The highest BCUT2D eigenvalue weighted by atomic mass is 35.5. The van der Waals surface area contributed by atoms with E-state index in [2.05, 4.69) is 179 Å². The monoisotopic (exact) mass is 859 g/mol. The van der Waals surface area contributed by atoms with E-state index in [1.807, 2.05) is 0 Å². The molecule has 0 aliphatic carbocycles. The van der Waals surface area contributed by atoms with Crippen molar-refractivity contribution in [3.63, 3.8) is 0 Å². The second-order valence-corrected chi connectivity index (χ2v) is 18.2. The number of benzene rings is 6. The average molecular weight is 860 g/mol. The van der Waals surface area contributed by atoms with Gasteiger partial charge in [0, 0.05) is 22.6 Å². The van der Waals surface area contributed by atoms with Crippen LogP contribution in [-0.2, 0) is 38.5 Å². The minimum atomic E-state index is 0.721. The van der Waals surface area contributed by atoms with Gasteiger partial charge in [0.15, 0.2) is 0 Å². The van der Waals surface area contributed by atoms with Gasteiger partial charge in [-0.05, 0) is 177 Å². The standard InChI is InChI=1S/C60H75ClN2/c1-7-13-20-46-28-35-53(36-29-46)62(54-37-30-47(31-38-54)21-14-8-2)58-26-19-27-59(60(58)61)63(55-39-32-48(33-40-55)22-15-9-3)57-41-34-49(23-16-10-4)45-56(57)52-43-50(24-17-11-5)42-51(44-52)25-18-12-6/h19,26-45H,7-18,20-25H2,1-6H3. The van der Waals surface area contributed by atoms with Crippen LogP contribution in [0.1, 0.15) is 152 Å². The third-order valence-electron chi connectivity index (χ3n) is 12.6. The SMILES string of the molecule is CCCCc1ccc(N(c2ccc(CCCC)cc2)c2cccc(N(c3ccc(CCCC)cc3)c3ccc(CCCC)cc3-c3cc(CCCC)cc(CCCC)c3)c2Cl)cc1. The summed E-state index contributed by atoms with van der Waals surface area (Å²) in [6.45, 7) is 13.7. The van der Waals surface area contributed by atoms with Crippen molar-refractivity contribution in [3.8, 4) is 11.1 Å². The van der Waals surface area contributed by atoms with E-state index in [4.69, 9.17) is 11.6 Å². The summed E-state index contributed by atoms with van der Waals surface area (Å²) in [6, 6.07) is 48.9. The van der Waals surface area contributed by atoms with Crippen LogP contribution >= 0.6 is 11.6 Å². The minimum Gasteiger partial charge on any atom is -0.309 e. The molecule has 0 unspecified atom stereocenters. The number of anilines is 6. The van der Waals surface area contributed by atoms with Gasteiger partial charge in [-0.15, -0.1) is 0 Å². The molecule has 6 rings (SSSR count). The number of rotatable bonds is 25. The molecule has 0 radical (unpaired) electrons. The summed E-state index contributed by atoms with van der Waals surface area (Å²) in [4.78, 5) is 4.80. The van der Waals surface area contributed by atoms with Gasteiger partial charge < -0.3 is 9.80 Å². The Hall–Kier alpha value is -4.79. The Balaban J connectivity index is 1.58. The van der Waals surface area contributed by atoms with Crippen molar-refractivity contribution in [3.05, 3.63) is 166 Å². The van der Waals surface area contributed by atoms with Crippen LogP contribution in [0.5, 0.6) is 0 Å². The quantitative estimate of drug-likeness (QED) is 0.0566. The Morgan fingerprint density at radius 1 is 0.333 bits per heavy atom. The van der Waals surface area contributed by atoms with Crippen LogP contribution in [0.25, 0.3) is 11.1 Å². The fourth-order valence-electron chi connectivity index (χ4n) is 8.78. The molecule has 0 heterocycles. The second kappa shape index (κ2) is 24.9. The summed E-state index contributed by atoms with van der Waals surface area (Å²) >= 11 is 7.98. The number of aryl methyl sites for hydroxylation is 6. The van der Waals surface area contributed by atoms with Gasteiger partial charge in [-0.3, -0.25) is 0 Å². The van der Waals surface area contributed by atoms with Gasteiger partial charge >= 0.3 is 0 Å². The maximum atomic E-state index is 7.98. The van der Waals surface area contributed by atoms with Crippen LogP contribution in [0.2, 0.25) is 5.02 Å². The Kier molecular flexibility index (Phi) is 18.8. The van der Waals surface area contributed by atoms with E-state index in [0.29, 0.717) is 0 Å². The van der Waals surface area contributed by atoms with Gasteiger partial charge in [0.1, 0.15) is 0 Å². The molecular weight excluding hydrogens is 784 g/mol. The number of unbranched alkanes of at least 4 members (excludes halogenated alkanes) is 6. The summed E-state index contributed by atoms with van der Waals surface area (Å²) in [7, 11) is 0. The van der Waals surface area contributed by atoms with Crippen molar-refractivity contribution in [2.45, 2.75) is 157 Å². The molecule has 0 aliphatic rings. The maximum absolute atomic E-state index is 7.98. The Labute approximate surface area is 387 Å². The fourth-order valence-corrected chi connectivity index (χ4v) is 9.08. The highest BCUT2D eigenvalue weighted by molar-refractivity contribution is 6.36. The van der Waals surface area contributed by atoms with Gasteiger partial charge in [-0.1, -0.05) is 158 Å². The molecule has 0 atom stereocenters. The highest BCUT2D eigenvalue weighted by Gasteiger charge is 2.25. The van der Waals surface area contributed by atoms with Crippen LogP contribution in [-0.4, -0.2) is 0 Å². The molecular formula is C60H75ClN2. The Morgan fingerprint density at radius 3 is 1.10 bits per heavy atom. The summed E-state index contributed by atoms with van der Waals surface area (Å²) in [5, 5.41) is 0.721. The summed E-state index contributed by atoms with van der Waals surface area (Å²) < 4.78 is 0. The lowest BCUT2D eigenvalue weighted by atomic mass is 9.92. The van der Waals surface area contributed by atoms with Gasteiger partial charge in [0.2, 0.25) is 0 Å². The molecule has 63 heavy (non-hydrogen) atoms. The molecule has 0 aliphatic heterocycles. The zero-order valence-corrected chi connectivity index (χ0v) is 40.4. The number of hydrogen-bond acceptors (Lipinski definition) is 2. The largest absolute Gasteiger partial charge is 0.309 e. The second-order valence-electron chi connectivity index (χ2n) is 17.8. The van der Waals surface area contributed by atoms with Crippen LogP contribution in [0.15, 0.2) is 127 Å². The molecule has 0 bridgehead atoms. The summed E-state index contributed by atoms with van der Waals surface area (Å²) in [5.41, 5.74) is 17.3. The van der Waals surface area contributed by atoms with Crippen molar-refractivity contribution in [2.75, 3.05) is 9.80 Å². The lowest BCUT2D eigenvalue weighted by molar-refractivity contribution is 0.781.